The molecule has 0 aliphatic carbocycles. The van der Waals surface area contributed by atoms with Gasteiger partial charge in [-0.2, -0.15) is 0 Å². The predicted molar refractivity (Wildman–Crippen MR) is 88.5 cm³/mol. The van der Waals surface area contributed by atoms with Crippen molar-refractivity contribution in [2.45, 2.75) is 59.1 Å². The van der Waals surface area contributed by atoms with Gasteiger partial charge in [0.05, 0.1) is 10.9 Å². The Bertz CT molecular complexity index is 557. The third kappa shape index (κ3) is 3.88. The SMILES string of the molecule is CC(C)CC1c2cc(C=O)sc2CCN1C(=O)OC(C)(C)C. The van der Waals surface area contributed by atoms with Crippen molar-refractivity contribution >= 4 is 23.7 Å². The molecule has 0 saturated heterocycles. The lowest BCUT2D eigenvalue weighted by molar-refractivity contribution is 0.0122. The summed E-state index contributed by atoms with van der Waals surface area (Å²) in [5, 5.41) is 0. The number of carbonyl (C=O) groups is 2. The van der Waals surface area contributed by atoms with Gasteiger partial charge in [0.1, 0.15) is 5.60 Å². The molecule has 1 aliphatic heterocycles. The molecule has 0 N–H and O–H groups in total. The zero-order chi connectivity index (χ0) is 16.5. The van der Waals surface area contributed by atoms with Crippen LogP contribution >= 0.6 is 11.3 Å². The van der Waals surface area contributed by atoms with E-state index in [1.165, 1.54) is 4.88 Å². The maximum Gasteiger partial charge on any atom is 0.410 e. The molecule has 0 radical (unpaired) electrons. The van der Waals surface area contributed by atoms with E-state index in [2.05, 4.69) is 13.8 Å². The molecular weight excluding hydrogens is 298 g/mol. The van der Waals surface area contributed by atoms with Crippen molar-refractivity contribution in [2.75, 3.05) is 6.54 Å². The fourth-order valence-electron chi connectivity index (χ4n) is 2.79. The largest absolute Gasteiger partial charge is 0.444 e. The van der Waals surface area contributed by atoms with Crippen LogP contribution < -0.4 is 0 Å². The van der Waals surface area contributed by atoms with Crippen molar-refractivity contribution < 1.29 is 14.3 Å². The van der Waals surface area contributed by atoms with Crippen LogP contribution in [0.2, 0.25) is 0 Å². The summed E-state index contributed by atoms with van der Waals surface area (Å²) in [6, 6.07) is 1.94. The lowest BCUT2D eigenvalue weighted by atomic mass is 9.92. The second-order valence-corrected chi connectivity index (χ2v) is 8.38. The van der Waals surface area contributed by atoms with Gasteiger partial charge in [0.25, 0.3) is 0 Å². The minimum Gasteiger partial charge on any atom is -0.444 e. The van der Waals surface area contributed by atoms with E-state index in [1.54, 1.807) is 11.3 Å². The van der Waals surface area contributed by atoms with Gasteiger partial charge in [-0.05, 0) is 51.2 Å². The first-order valence-corrected chi connectivity index (χ1v) is 8.60. The second-order valence-electron chi connectivity index (χ2n) is 7.21. The highest BCUT2D eigenvalue weighted by atomic mass is 32.1. The molecule has 1 atom stereocenters. The smallest absolute Gasteiger partial charge is 0.410 e. The molecule has 1 aliphatic rings. The Balaban J connectivity index is 2.30. The molecule has 0 saturated carbocycles. The highest BCUT2D eigenvalue weighted by molar-refractivity contribution is 7.13. The second kappa shape index (κ2) is 6.41. The van der Waals surface area contributed by atoms with Gasteiger partial charge >= 0.3 is 6.09 Å². The first-order chi connectivity index (χ1) is 10.2. The van der Waals surface area contributed by atoms with E-state index in [0.717, 1.165) is 29.6 Å². The Morgan fingerprint density at radius 3 is 2.73 bits per heavy atom. The molecule has 1 unspecified atom stereocenters. The fourth-order valence-corrected chi connectivity index (χ4v) is 3.81. The number of hydrogen-bond acceptors (Lipinski definition) is 4. The van der Waals surface area contributed by atoms with E-state index in [9.17, 15) is 9.59 Å². The van der Waals surface area contributed by atoms with E-state index >= 15 is 0 Å². The molecule has 4 nitrogen and oxygen atoms in total. The zero-order valence-electron chi connectivity index (χ0n) is 14.0. The number of fused-ring (bicyclic) bond motifs is 1. The number of amides is 1. The molecule has 1 amide bonds. The Morgan fingerprint density at radius 1 is 1.50 bits per heavy atom. The molecule has 122 valence electrons. The van der Waals surface area contributed by atoms with Gasteiger partial charge in [0.15, 0.2) is 6.29 Å². The van der Waals surface area contributed by atoms with Gasteiger partial charge in [0, 0.05) is 11.4 Å². The van der Waals surface area contributed by atoms with Crippen LogP contribution in [0.25, 0.3) is 0 Å². The van der Waals surface area contributed by atoms with Gasteiger partial charge < -0.3 is 9.64 Å². The molecular formula is C17H25NO3S. The van der Waals surface area contributed by atoms with Crippen LogP contribution in [0.4, 0.5) is 4.79 Å². The summed E-state index contributed by atoms with van der Waals surface area (Å²) < 4.78 is 5.56. The number of ether oxygens (including phenoxy) is 1. The first kappa shape index (κ1) is 17.0. The van der Waals surface area contributed by atoms with Crippen molar-refractivity contribution in [1.82, 2.24) is 4.90 Å². The molecule has 0 bridgehead atoms. The van der Waals surface area contributed by atoms with Crippen molar-refractivity contribution in [2.24, 2.45) is 5.92 Å². The number of carbonyl (C=O) groups excluding carboxylic acids is 2. The summed E-state index contributed by atoms with van der Waals surface area (Å²) in [5.74, 6) is 0.459. The number of thiophene rings is 1. The van der Waals surface area contributed by atoms with Gasteiger partial charge in [-0.15, -0.1) is 11.3 Å². The summed E-state index contributed by atoms with van der Waals surface area (Å²) in [6.45, 7) is 10.6. The first-order valence-electron chi connectivity index (χ1n) is 7.78. The van der Waals surface area contributed by atoms with Crippen molar-refractivity contribution in [1.29, 1.82) is 0 Å². The third-order valence-electron chi connectivity index (χ3n) is 3.61. The maximum atomic E-state index is 12.5. The summed E-state index contributed by atoms with van der Waals surface area (Å²) in [7, 11) is 0. The van der Waals surface area contributed by atoms with Crippen molar-refractivity contribution in [3.63, 3.8) is 0 Å². The topological polar surface area (TPSA) is 46.6 Å². The van der Waals surface area contributed by atoms with Gasteiger partial charge in [-0.25, -0.2) is 4.79 Å². The molecule has 2 rings (SSSR count). The number of aldehydes is 1. The van der Waals surface area contributed by atoms with E-state index in [0.29, 0.717) is 12.5 Å². The predicted octanol–water partition coefficient (Wildman–Crippen LogP) is 4.44. The average molecular weight is 323 g/mol. The highest BCUT2D eigenvalue weighted by Gasteiger charge is 2.35. The standard InChI is InChI=1S/C17H25NO3S/c1-11(2)8-14-13-9-12(10-19)22-15(13)6-7-18(14)16(20)21-17(3,4)5/h9-11,14H,6-8H2,1-5H3. The average Bonchev–Trinajstić information content (AvgIpc) is 2.79. The number of hydrogen-bond donors (Lipinski definition) is 0. The van der Waals surface area contributed by atoms with E-state index in [1.807, 2.05) is 31.7 Å². The number of rotatable bonds is 3. The third-order valence-corrected chi connectivity index (χ3v) is 4.75. The molecule has 5 heteroatoms. The quantitative estimate of drug-likeness (QED) is 0.773. The lowest BCUT2D eigenvalue weighted by Gasteiger charge is -2.37. The minimum absolute atomic E-state index is 0.00329. The summed E-state index contributed by atoms with van der Waals surface area (Å²) >= 11 is 1.55. The minimum atomic E-state index is -0.498. The zero-order valence-corrected chi connectivity index (χ0v) is 14.8. The maximum absolute atomic E-state index is 12.5. The molecule has 2 heterocycles. The normalized spacial score (nSPS) is 18.3. The van der Waals surface area contributed by atoms with Crippen LogP contribution in [0.15, 0.2) is 6.07 Å². The Morgan fingerprint density at radius 2 is 2.18 bits per heavy atom. The molecule has 1 aromatic heterocycles. The Hall–Kier alpha value is -1.36. The van der Waals surface area contributed by atoms with E-state index < -0.39 is 5.60 Å². The van der Waals surface area contributed by atoms with E-state index in [4.69, 9.17) is 4.74 Å². The Kier molecular flexibility index (Phi) is 4.95. The lowest BCUT2D eigenvalue weighted by Crippen LogP contribution is -2.43. The van der Waals surface area contributed by atoms with Crippen molar-refractivity contribution in [3.05, 3.63) is 21.4 Å². The van der Waals surface area contributed by atoms with Gasteiger partial charge in [-0.1, -0.05) is 13.8 Å². The molecule has 1 aromatic rings. The molecule has 0 aromatic carbocycles. The number of nitrogens with zero attached hydrogens (tertiary/aromatic N) is 1. The Labute approximate surface area is 136 Å². The molecule has 0 fully saturated rings. The summed E-state index contributed by atoms with van der Waals surface area (Å²) in [4.78, 5) is 27.4. The highest BCUT2D eigenvalue weighted by Crippen LogP contribution is 2.39. The van der Waals surface area contributed by atoms with Gasteiger partial charge in [-0.3, -0.25) is 4.79 Å². The van der Waals surface area contributed by atoms with Crippen LogP contribution in [0.5, 0.6) is 0 Å². The van der Waals surface area contributed by atoms with E-state index in [-0.39, 0.29) is 12.1 Å². The van der Waals surface area contributed by atoms with Crippen LogP contribution in [0.3, 0.4) is 0 Å². The fraction of sp³-hybridized carbons (Fsp3) is 0.647. The summed E-state index contributed by atoms with van der Waals surface area (Å²) in [5.41, 5.74) is 0.625. The van der Waals surface area contributed by atoms with Gasteiger partial charge in [0.2, 0.25) is 0 Å². The summed E-state index contributed by atoms with van der Waals surface area (Å²) in [6.07, 6.45) is 2.30. The van der Waals surface area contributed by atoms with Crippen LogP contribution in [0.1, 0.15) is 67.2 Å². The van der Waals surface area contributed by atoms with Crippen molar-refractivity contribution in [3.8, 4) is 0 Å². The molecule has 0 spiro atoms. The van der Waals surface area contributed by atoms with Crippen LogP contribution in [-0.2, 0) is 11.2 Å². The van der Waals surface area contributed by atoms with Crippen LogP contribution in [0, 0.1) is 5.92 Å². The van der Waals surface area contributed by atoms with Crippen LogP contribution in [-0.4, -0.2) is 29.4 Å². The molecule has 22 heavy (non-hydrogen) atoms. The monoisotopic (exact) mass is 323 g/mol.